The van der Waals surface area contributed by atoms with E-state index in [1.165, 1.54) is 52.7 Å². The molecule has 5 saturated heterocycles. The van der Waals surface area contributed by atoms with Crippen LogP contribution in [0.4, 0.5) is 14.4 Å². The molecule has 94 heavy (non-hydrogen) atoms. The minimum atomic E-state index is -6.06. The number of aliphatic hydroxyl groups excluding tert-OH is 3. The van der Waals surface area contributed by atoms with Crippen LogP contribution in [0.5, 0.6) is 0 Å². The number of sulfonamides is 1. The van der Waals surface area contributed by atoms with E-state index in [9.17, 15) is 53.4 Å². The summed E-state index contributed by atoms with van der Waals surface area (Å²) in [6.07, 6.45) is -0.413. The molecule has 3 amide bonds. The van der Waals surface area contributed by atoms with Crippen LogP contribution in [0.1, 0.15) is 111 Å². The number of nitrogens with zero attached hydrogens (tertiary/aromatic N) is 5. The fourth-order valence-corrected chi connectivity index (χ4v) is 9.07. The monoisotopic (exact) mass is 1590 g/mol. The third-order valence-corrected chi connectivity index (χ3v) is 14.7. The SMILES string of the molecule is C/C=C1\CN(C(=O)OC(C)(C)C)C[C@@H]1OC.C=C1CN(C(=O)OC(C)(C)C)C[C@@H]1OC.CC=C(C)C.CN=O.CO[C@H]1CN(C(=O)OC(C)(C)C)C[C@@]1(O)[C@H](C)O.CO[C@H]1CN(S(C)(=O)=O)C[C@@]1(O)[C@H](C)O.CO[C@H]1CNC[C@@]1(O)[C@H](C)O.Cl.O=CO[O-].[Na+].[O]=[Os](=[O])(=[O])=[O]. The Morgan fingerprint density at radius 1 is 0.670 bits per heavy atom. The zero-order chi connectivity index (χ0) is 73.4. The van der Waals surface area contributed by atoms with Crippen molar-refractivity contribution in [2.24, 2.45) is 5.18 Å². The van der Waals surface area contributed by atoms with Gasteiger partial charge < -0.3 is 98.7 Å². The third kappa shape index (κ3) is 40.5. The Kier molecular flexibility index (Phi) is 50.6. The van der Waals surface area contributed by atoms with Gasteiger partial charge >= 0.3 is 76.8 Å². The number of carbonyl (C=O) groups excluding carboxylic acids is 4. The van der Waals surface area contributed by atoms with Gasteiger partial charge in [0.25, 0.3) is 6.47 Å². The van der Waals surface area contributed by atoms with Gasteiger partial charge in [0.05, 0.1) is 70.0 Å². The number of β-amino-alcohol motifs (C(OH)–C–C–N with tert-alkyl or cyclic N) is 3. The van der Waals surface area contributed by atoms with Crippen LogP contribution >= 0.6 is 12.4 Å². The zero-order valence-corrected chi connectivity index (χ0v) is 65.5. The topological polar surface area (TPSA) is 453 Å². The van der Waals surface area contributed by atoms with E-state index in [1.807, 2.05) is 61.5 Å². The third-order valence-electron chi connectivity index (χ3n) is 13.5. The number of ether oxygens (including phenoxy) is 8. The summed E-state index contributed by atoms with van der Waals surface area (Å²) in [5.41, 5.74) is -2.16. The van der Waals surface area contributed by atoms with E-state index in [0.29, 0.717) is 39.3 Å². The van der Waals surface area contributed by atoms with Crippen molar-refractivity contribution < 1.29 is 165 Å². The van der Waals surface area contributed by atoms with Crippen LogP contribution in [0, 0.1) is 4.91 Å². The molecule has 5 heterocycles. The number of hydrogen-bond donors (Lipinski definition) is 7. The van der Waals surface area contributed by atoms with Gasteiger partial charge in [-0.1, -0.05) is 29.5 Å². The van der Waals surface area contributed by atoms with E-state index >= 15 is 0 Å². The zero-order valence-electron chi connectivity index (χ0n) is 59.3. The molecule has 5 aliphatic rings. The molecule has 5 fully saturated rings. The number of nitroso groups, excluding NO2 is 1. The molecule has 0 spiro atoms. The predicted molar refractivity (Wildman–Crippen MR) is 333 cm³/mol. The van der Waals surface area contributed by atoms with Gasteiger partial charge in [-0.15, -0.1) is 12.4 Å². The molecule has 37 heteroatoms. The van der Waals surface area contributed by atoms with Crippen molar-refractivity contribution in [1.29, 1.82) is 0 Å². The number of likely N-dealkylation sites (tertiary alicyclic amines) is 3. The van der Waals surface area contributed by atoms with Crippen LogP contribution in [-0.2, 0) is 86.6 Å². The van der Waals surface area contributed by atoms with Gasteiger partial charge in [-0.3, -0.25) is 4.79 Å². The van der Waals surface area contributed by atoms with Crippen LogP contribution < -0.4 is 40.1 Å². The fraction of sp³-hybridized carbons (Fsp3) is 0.825. The summed E-state index contributed by atoms with van der Waals surface area (Å²) >= 11 is -6.06. The molecule has 0 radical (unpaired) electrons. The Hall–Kier alpha value is -3.38. The van der Waals surface area contributed by atoms with E-state index in [2.05, 4.69) is 41.9 Å². The summed E-state index contributed by atoms with van der Waals surface area (Å²) in [6.45, 7) is 36.1. The van der Waals surface area contributed by atoms with Crippen molar-refractivity contribution in [3.63, 3.8) is 0 Å². The summed E-state index contributed by atoms with van der Waals surface area (Å²) in [4.78, 5) is 59.8. The average Bonchev–Trinajstić information content (AvgIpc) is 1.65. The molecule has 552 valence electrons. The van der Waals surface area contributed by atoms with E-state index in [1.54, 1.807) is 51.7 Å². The van der Waals surface area contributed by atoms with Crippen LogP contribution in [0.15, 0.2) is 40.6 Å². The first kappa shape index (κ1) is 102. The molecule has 0 aromatic rings. The second kappa shape index (κ2) is 46.8. The molecule has 0 bridgehead atoms. The Morgan fingerprint density at radius 2 is 1.00 bits per heavy atom. The first-order valence-corrected chi connectivity index (χ1v) is 34.6. The number of aliphatic hydroxyl groups is 6. The van der Waals surface area contributed by atoms with Crippen LogP contribution in [-0.4, -0.2) is 280 Å². The van der Waals surface area contributed by atoms with Crippen molar-refractivity contribution in [3.8, 4) is 0 Å². The van der Waals surface area contributed by atoms with E-state index in [0.717, 1.165) is 21.7 Å². The number of rotatable bonds is 10. The molecule has 0 aromatic carbocycles. The van der Waals surface area contributed by atoms with Gasteiger partial charge in [0.2, 0.25) is 10.0 Å². The van der Waals surface area contributed by atoms with Gasteiger partial charge in [-0.2, -0.15) is 9.21 Å². The summed E-state index contributed by atoms with van der Waals surface area (Å²) in [7, 11) is 5.46. The molecule has 5 aliphatic heterocycles. The van der Waals surface area contributed by atoms with Crippen LogP contribution in [0.25, 0.3) is 0 Å². The standard InChI is InChI=1S/C12H23NO5.C12H21NO3.C11H19NO3.C8H17NO5S.C7H15NO3.C5H10.CH3NO.CH2O3.ClH.Na.4O.Os/c1-8(14)12(16)7-13(6-9(12)17-5)10(15)18-11(2,3)4;1-6-9-7-13(8-10(9)15-5)11(14)16-12(2,3)4;1-8-6-12(7-9(8)14-5)10(13)15-11(2,3)4;1-6(10)8(11)5-9(15(3,12)13)4-7(8)14-2;1-5(9)7(10)4-8-3-6(7)11-2;1-4-5(2)3;1-2-3;2-1-4-3;;;;;;;/h8-9,14,16H,6-7H2,1-5H3;6,10H,7-8H2,1-5H3;9H,1,6-7H2,2-5H3;6-7,10-11H,4-5H2,1-3H3;5-6,8-10H,3-4H2,1-2H3;4H,1-3H3;1H3;1,3H;1H;;;;;;/q;;;;;;;;;+1;;;;;/p-1/b;9-6+;;;;;;;;;;;;;/t8-,9-,12+;10-;9-;6-,7-,8+;5-,6-,7+;;;;;;;;;;/m00000........../s1. The summed E-state index contributed by atoms with van der Waals surface area (Å²) < 4.78 is 99.6. The molecule has 0 aromatic heterocycles. The minimum absolute atomic E-state index is 0. The van der Waals surface area contributed by atoms with E-state index in [-0.39, 0.29) is 105 Å². The maximum atomic E-state index is 11.9. The van der Waals surface area contributed by atoms with Crippen molar-refractivity contribution in [3.05, 3.63) is 40.4 Å². The first-order valence-electron chi connectivity index (χ1n) is 28.6. The summed E-state index contributed by atoms with van der Waals surface area (Å²) in [5, 5.41) is 72.2. The molecule has 7 N–H and O–H groups in total. The normalized spacial score (nSPS) is 25.2. The molecular weight excluding hydrogens is 1480 g/mol. The van der Waals surface area contributed by atoms with Gasteiger partial charge in [-0.05, 0) is 122 Å². The van der Waals surface area contributed by atoms with Crippen molar-refractivity contribution in [1.82, 2.24) is 24.3 Å². The first-order chi connectivity index (χ1) is 41.7. The van der Waals surface area contributed by atoms with Crippen molar-refractivity contribution >= 4 is 47.2 Å². The van der Waals surface area contributed by atoms with Gasteiger partial charge in [0, 0.05) is 74.8 Å². The molecule has 11 atom stereocenters. The van der Waals surface area contributed by atoms with Gasteiger partial charge in [0.1, 0.15) is 51.9 Å². The van der Waals surface area contributed by atoms with Crippen molar-refractivity contribution in [2.75, 3.05) is 114 Å². The number of methoxy groups -OCH3 is 5. The van der Waals surface area contributed by atoms with E-state index in [4.69, 9.17) is 67.0 Å². The van der Waals surface area contributed by atoms with E-state index < -0.39 is 95.1 Å². The maximum absolute atomic E-state index is 11.9. The molecule has 5 rings (SSSR count). The molecule has 0 aliphatic carbocycles. The predicted octanol–water partition coefficient (Wildman–Crippen LogP) is -0.786. The number of halogens is 1. The molecular formula is C57H110ClN6NaO27OsS. The molecule has 0 saturated carbocycles. The molecule has 0 unspecified atom stereocenters. The average molecular weight is 1590 g/mol. The van der Waals surface area contributed by atoms with Crippen molar-refractivity contribution in [2.45, 2.75) is 193 Å². The second-order valence-corrected chi connectivity index (χ2v) is 29.0. The second-order valence-electron chi connectivity index (χ2n) is 24.5. The summed E-state index contributed by atoms with van der Waals surface area (Å²) in [6, 6.07) is 0. The Bertz CT molecular complexity index is 2640. The number of allylic oxidation sites excluding steroid dienone is 3. The van der Waals surface area contributed by atoms with Crippen LogP contribution in [0.2, 0.25) is 0 Å². The quantitative estimate of drug-likeness (QED) is 0.0268. The Labute approximate surface area is 585 Å². The number of amides is 3. The van der Waals surface area contributed by atoms with Gasteiger partial charge in [-0.25, -0.2) is 22.8 Å². The Balaban J connectivity index is -0.000000242. The van der Waals surface area contributed by atoms with Crippen LogP contribution in [0.3, 0.4) is 0 Å². The van der Waals surface area contributed by atoms with Gasteiger partial charge in [0.15, 0.2) is 0 Å². The Morgan fingerprint density at radius 3 is 1.24 bits per heavy atom. The number of carbonyl (C=O) groups is 4. The molecule has 33 nitrogen and oxygen atoms in total. The summed E-state index contributed by atoms with van der Waals surface area (Å²) in [5.74, 6) is 0. The number of nitrogens with one attached hydrogen (secondary N) is 1. The fourth-order valence-electron chi connectivity index (χ4n) is 8.22. The number of hydrogen-bond acceptors (Lipinski definition) is 29.